The number of oxazole rings is 1. The highest BCUT2D eigenvalue weighted by molar-refractivity contribution is 7.18. The van der Waals surface area contributed by atoms with Crippen LogP contribution in [0.2, 0.25) is 0 Å². The van der Waals surface area contributed by atoms with Crippen molar-refractivity contribution in [3.63, 3.8) is 0 Å². The predicted octanol–water partition coefficient (Wildman–Crippen LogP) is 3.36. The minimum Gasteiger partial charge on any atom is -0.419 e. The Labute approximate surface area is 149 Å². The second-order valence-corrected chi connectivity index (χ2v) is 6.74. The van der Waals surface area contributed by atoms with E-state index in [1.165, 1.54) is 0 Å². The molecule has 0 aliphatic carbocycles. The van der Waals surface area contributed by atoms with Crippen LogP contribution >= 0.6 is 11.3 Å². The Morgan fingerprint density at radius 2 is 2.24 bits per heavy atom. The van der Waals surface area contributed by atoms with Crippen molar-refractivity contribution >= 4 is 22.9 Å². The summed E-state index contributed by atoms with van der Waals surface area (Å²) in [6.45, 7) is 2.77. The first kappa shape index (κ1) is 15.8. The van der Waals surface area contributed by atoms with Gasteiger partial charge in [0, 0.05) is 38.0 Å². The normalized spacial score (nSPS) is 15.5. The number of oxime groups is 1. The van der Waals surface area contributed by atoms with Gasteiger partial charge in [-0.25, -0.2) is 9.97 Å². The molecule has 3 aromatic rings. The van der Waals surface area contributed by atoms with Gasteiger partial charge in [0.2, 0.25) is 11.8 Å². The third kappa shape index (κ3) is 2.78. The minimum absolute atomic E-state index is 0.563. The van der Waals surface area contributed by atoms with E-state index in [-0.39, 0.29) is 0 Å². The second kappa shape index (κ2) is 6.29. The van der Waals surface area contributed by atoms with Crippen LogP contribution in [0.5, 0.6) is 0 Å². The smallest absolute Gasteiger partial charge is 0.241 e. The van der Waals surface area contributed by atoms with E-state index in [1.54, 1.807) is 30.8 Å². The lowest BCUT2D eigenvalue weighted by atomic mass is 10.1. The zero-order chi connectivity index (χ0) is 17.4. The maximum Gasteiger partial charge on any atom is 0.241 e. The number of thiazole rings is 1. The summed E-state index contributed by atoms with van der Waals surface area (Å²) in [4.78, 5) is 21.4. The number of pyridine rings is 1. The standard InChI is InChI=1S/C17H17N5O2S/c1-10-14(25-16(19-10)11-5-4-7-18-9-11)15-20-13-12(21-23-3)6-8-22(2)17(13)24-15/h4-5,7,9H,6,8H2,1-3H3/b21-12+. The summed E-state index contributed by atoms with van der Waals surface area (Å²) < 4.78 is 6.04. The lowest BCUT2D eigenvalue weighted by Crippen LogP contribution is -2.28. The average Bonchev–Trinajstić information content (AvgIpc) is 3.23. The third-order valence-electron chi connectivity index (χ3n) is 4.01. The van der Waals surface area contributed by atoms with E-state index in [9.17, 15) is 0 Å². The highest BCUT2D eigenvalue weighted by Gasteiger charge is 2.28. The molecule has 8 heteroatoms. The molecule has 0 aromatic carbocycles. The molecule has 0 fully saturated rings. The Kier molecular flexibility index (Phi) is 3.96. The van der Waals surface area contributed by atoms with E-state index in [4.69, 9.17) is 9.25 Å². The zero-order valence-corrected chi connectivity index (χ0v) is 15.0. The molecule has 0 amide bonds. The van der Waals surface area contributed by atoms with E-state index in [2.05, 4.69) is 20.1 Å². The van der Waals surface area contributed by atoms with Gasteiger partial charge in [0.05, 0.1) is 5.69 Å². The summed E-state index contributed by atoms with van der Waals surface area (Å²) in [7, 11) is 3.53. The number of aromatic nitrogens is 3. The number of nitrogens with zero attached hydrogens (tertiary/aromatic N) is 5. The van der Waals surface area contributed by atoms with Crippen LogP contribution in [0.3, 0.4) is 0 Å². The largest absolute Gasteiger partial charge is 0.419 e. The molecule has 1 aliphatic heterocycles. The SMILES string of the molecule is CO/N=C1\CCN(C)c2oc(-c3sc(-c4cccnc4)nc3C)nc21. The first-order chi connectivity index (χ1) is 12.2. The van der Waals surface area contributed by atoms with Crippen LogP contribution in [-0.4, -0.2) is 41.4 Å². The summed E-state index contributed by atoms with van der Waals surface area (Å²) in [5.74, 6) is 1.28. The summed E-state index contributed by atoms with van der Waals surface area (Å²) in [6.07, 6.45) is 4.32. The molecule has 0 unspecified atom stereocenters. The molecule has 0 spiro atoms. The molecule has 0 N–H and O–H groups in total. The van der Waals surface area contributed by atoms with Crippen LogP contribution in [-0.2, 0) is 4.84 Å². The first-order valence-electron chi connectivity index (χ1n) is 7.88. The van der Waals surface area contributed by atoms with E-state index in [1.807, 2.05) is 31.0 Å². The van der Waals surface area contributed by atoms with Crippen molar-refractivity contribution in [1.82, 2.24) is 15.0 Å². The van der Waals surface area contributed by atoms with E-state index >= 15 is 0 Å². The zero-order valence-electron chi connectivity index (χ0n) is 14.2. The average molecular weight is 355 g/mol. The van der Waals surface area contributed by atoms with Crippen molar-refractivity contribution in [2.75, 3.05) is 25.6 Å². The van der Waals surface area contributed by atoms with Gasteiger partial charge in [-0.2, -0.15) is 0 Å². The molecular formula is C17H17N5O2S. The van der Waals surface area contributed by atoms with Crippen LogP contribution in [0, 0.1) is 6.92 Å². The molecule has 4 heterocycles. The molecule has 25 heavy (non-hydrogen) atoms. The van der Waals surface area contributed by atoms with Crippen molar-refractivity contribution < 1.29 is 9.25 Å². The van der Waals surface area contributed by atoms with Gasteiger partial charge in [-0.15, -0.1) is 11.3 Å². The molecule has 128 valence electrons. The van der Waals surface area contributed by atoms with Gasteiger partial charge in [-0.3, -0.25) is 4.98 Å². The monoisotopic (exact) mass is 355 g/mol. The van der Waals surface area contributed by atoms with Crippen LogP contribution in [0.15, 0.2) is 34.1 Å². The lowest BCUT2D eigenvalue weighted by Gasteiger charge is -2.21. The van der Waals surface area contributed by atoms with Gasteiger partial charge in [-0.1, -0.05) is 5.16 Å². The van der Waals surface area contributed by atoms with Crippen molar-refractivity contribution in [3.05, 3.63) is 35.9 Å². The van der Waals surface area contributed by atoms with E-state index in [0.29, 0.717) is 11.8 Å². The highest BCUT2D eigenvalue weighted by Crippen LogP contribution is 2.38. The molecule has 1 aliphatic rings. The topological polar surface area (TPSA) is 76.6 Å². The van der Waals surface area contributed by atoms with Crippen molar-refractivity contribution in [2.24, 2.45) is 5.16 Å². The molecule has 0 saturated heterocycles. The number of hydrogen-bond donors (Lipinski definition) is 0. The van der Waals surface area contributed by atoms with Crippen molar-refractivity contribution in [2.45, 2.75) is 13.3 Å². The molecule has 7 nitrogen and oxygen atoms in total. The van der Waals surface area contributed by atoms with E-state index < -0.39 is 0 Å². The predicted molar refractivity (Wildman–Crippen MR) is 97.0 cm³/mol. The molecule has 3 aromatic heterocycles. The maximum absolute atomic E-state index is 6.04. The molecule has 0 bridgehead atoms. The summed E-state index contributed by atoms with van der Waals surface area (Å²) >= 11 is 1.55. The Bertz CT molecular complexity index is 932. The van der Waals surface area contributed by atoms with Crippen LogP contribution in [0.25, 0.3) is 21.3 Å². The number of anilines is 1. The number of hydrogen-bond acceptors (Lipinski definition) is 8. The van der Waals surface area contributed by atoms with Crippen LogP contribution in [0.1, 0.15) is 17.8 Å². The molecule has 0 radical (unpaired) electrons. The van der Waals surface area contributed by atoms with Crippen LogP contribution in [0.4, 0.5) is 5.88 Å². The molecular weight excluding hydrogens is 338 g/mol. The fourth-order valence-electron chi connectivity index (χ4n) is 2.76. The van der Waals surface area contributed by atoms with Gasteiger partial charge in [0.25, 0.3) is 0 Å². The van der Waals surface area contributed by atoms with Gasteiger partial charge < -0.3 is 14.2 Å². The summed E-state index contributed by atoms with van der Waals surface area (Å²) in [5, 5.41) is 4.99. The Morgan fingerprint density at radius 3 is 3.00 bits per heavy atom. The van der Waals surface area contributed by atoms with Crippen LogP contribution < -0.4 is 4.90 Å². The molecule has 4 rings (SSSR count). The summed E-state index contributed by atoms with van der Waals surface area (Å²) in [5.41, 5.74) is 3.41. The Hall–Kier alpha value is -2.74. The Balaban J connectivity index is 1.78. The Morgan fingerprint density at radius 1 is 1.36 bits per heavy atom. The number of fused-ring (bicyclic) bond motifs is 1. The number of aryl methyl sites for hydroxylation is 1. The first-order valence-corrected chi connectivity index (χ1v) is 8.69. The van der Waals surface area contributed by atoms with Gasteiger partial charge in [0.15, 0.2) is 5.69 Å². The number of rotatable bonds is 3. The van der Waals surface area contributed by atoms with Crippen molar-refractivity contribution in [1.29, 1.82) is 0 Å². The van der Waals surface area contributed by atoms with E-state index in [0.717, 1.165) is 45.5 Å². The van der Waals surface area contributed by atoms with Gasteiger partial charge in [0.1, 0.15) is 22.7 Å². The maximum atomic E-state index is 6.04. The highest BCUT2D eigenvalue weighted by atomic mass is 32.1. The summed E-state index contributed by atoms with van der Waals surface area (Å²) in [6, 6.07) is 3.89. The quantitative estimate of drug-likeness (QED) is 0.671. The van der Waals surface area contributed by atoms with Gasteiger partial charge >= 0.3 is 0 Å². The third-order valence-corrected chi connectivity index (χ3v) is 5.21. The van der Waals surface area contributed by atoms with Gasteiger partial charge in [-0.05, 0) is 19.1 Å². The fourth-order valence-corrected chi connectivity index (χ4v) is 3.74. The molecule has 0 saturated carbocycles. The second-order valence-electron chi connectivity index (χ2n) is 5.74. The van der Waals surface area contributed by atoms with Crippen molar-refractivity contribution in [3.8, 4) is 21.3 Å². The fraction of sp³-hybridized carbons (Fsp3) is 0.294. The molecule has 0 atom stereocenters. The lowest BCUT2D eigenvalue weighted by molar-refractivity contribution is 0.212. The minimum atomic E-state index is 0.563.